The van der Waals surface area contributed by atoms with E-state index >= 15 is 0 Å². The number of benzene rings is 2. The maximum absolute atomic E-state index is 13.3. The second-order valence-corrected chi connectivity index (χ2v) is 5.72. The van der Waals surface area contributed by atoms with Crippen LogP contribution in [0.25, 0.3) is 10.9 Å². The molecule has 0 aliphatic carbocycles. The normalized spacial score (nSPS) is 14.5. The highest BCUT2D eigenvalue weighted by molar-refractivity contribution is 5.95. The summed E-state index contributed by atoms with van der Waals surface area (Å²) in [6, 6.07) is 13.9. The molecule has 0 atom stereocenters. The van der Waals surface area contributed by atoms with E-state index in [1.807, 2.05) is 36.5 Å². The van der Waals surface area contributed by atoms with E-state index in [1.165, 1.54) is 12.1 Å². The Balaban J connectivity index is 1.58. The van der Waals surface area contributed by atoms with Gasteiger partial charge in [0.15, 0.2) is 0 Å². The molecule has 0 unspecified atom stereocenters. The van der Waals surface area contributed by atoms with Gasteiger partial charge in [-0.1, -0.05) is 30.4 Å². The molecule has 0 saturated carbocycles. The van der Waals surface area contributed by atoms with Crippen LogP contribution in [0.5, 0.6) is 0 Å². The van der Waals surface area contributed by atoms with Gasteiger partial charge in [-0.05, 0) is 35.9 Å². The van der Waals surface area contributed by atoms with Crippen LogP contribution in [0.2, 0.25) is 0 Å². The first kappa shape index (κ1) is 14.5. The molecule has 2 aromatic carbocycles. The van der Waals surface area contributed by atoms with Gasteiger partial charge in [0.25, 0.3) is 5.91 Å². The predicted molar refractivity (Wildman–Crippen MR) is 91.9 cm³/mol. The molecular weight excluding hydrogens is 303 g/mol. The smallest absolute Gasteiger partial charge is 0.261 e. The van der Waals surface area contributed by atoms with Crippen LogP contribution in [0.1, 0.15) is 21.8 Å². The maximum Gasteiger partial charge on any atom is 0.261 e. The van der Waals surface area contributed by atoms with Crippen molar-refractivity contribution < 1.29 is 9.18 Å². The fourth-order valence-corrected chi connectivity index (χ4v) is 2.95. The van der Waals surface area contributed by atoms with Crippen LogP contribution in [0, 0.1) is 5.82 Å². The van der Waals surface area contributed by atoms with Crippen molar-refractivity contribution in [3.05, 3.63) is 96.2 Å². The molecule has 1 aliphatic rings. The zero-order valence-corrected chi connectivity index (χ0v) is 12.8. The highest BCUT2D eigenvalue weighted by atomic mass is 19.1. The first-order chi connectivity index (χ1) is 11.7. The summed E-state index contributed by atoms with van der Waals surface area (Å²) in [6.07, 6.45) is 9.38. The molecule has 24 heavy (non-hydrogen) atoms. The molecule has 0 bridgehead atoms. The fourth-order valence-electron chi connectivity index (χ4n) is 2.95. The Hall–Kier alpha value is -3.14. The van der Waals surface area contributed by atoms with Crippen LogP contribution < -0.4 is 0 Å². The number of aromatic nitrogens is 1. The van der Waals surface area contributed by atoms with Gasteiger partial charge in [-0.15, -0.1) is 0 Å². The molecule has 3 aromatic rings. The summed E-state index contributed by atoms with van der Waals surface area (Å²) in [4.78, 5) is 17.1. The Labute approximate surface area is 138 Å². The maximum atomic E-state index is 13.3. The summed E-state index contributed by atoms with van der Waals surface area (Å²) in [5.41, 5.74) is 2.48. The van der Waals surface area contributed by atoms with Crippen molar-refractivity contribution in [3.63, 3.8) is 0 Å². The number of hydrogen-bond acceptors (Lipinski definition) is 1. The lowest BCUT2D eigenvalue weighted by Gasteiger charge is -2.20. The third-order valence-electron chi connectivity index (χ3n) is 4.20. The minimum atomic E-state index is -0.259. The molecule has 4 heteroatoms. The van der Waals surface area contributed by atoms with Crippen molar-refractivity contribution in [2.45, 2.75) is 5.92 Å². The zero-order chi connectivity index (χ0) is 16.5. The molecule has 1 amide bonds. The van der Waals surface area contributed by atoms with Gasteiger partial charge in [0.2, 0.25) is 0 Å². The van der Waals surface area contributed by atoms with Gasteiger partial charge in [0.05, 0.1) is 0 Å². The summed E-state index contributed by atoms with van der Waals surface area (Å²) in [7, 11) is 0. The number of aromatic amines is 1. The van der Waals surface area contributed by atoms with E-state index in [0.29, 0.717) is 5.56 Å². The average Bonchev–Trinajstić information content (AvgIpc) is 3.05. The van der Waals surface area contributed by atoms with Crippen LogP contribution in [0.15, 0.2) is 79.3 Å². The Morgan fingerprint density at radius 3 is 2.54 bits per heavy atom. The molecule has 118 valence electrons. The van der Waals surface area contributed by atoms with Crippen molar-refractivity contribution in [1.29, 1.82) is 0 Å². The Bertz CT molecular complexity index is 942. The summed E-state index contributed by atoms with van der Waals surface area (Å²) < 4.78 is 13.3. The molecule has 2 heterocycles. The number of amides is 1. The summed E-state index contributed by atoms with van der Waals surface area (Å²) in [6.45, 7) is 0. The van der Waals surface area contributed by atoms with Gasteiger partial charge in [0, 0.05) is 41.0 Å². The van der Waals surface area contributed by atoms with Crippen molar-refractivity contribution in [2.24, 2.45) is 0 Å². The lowest BCUT2D eigenvalue weighted by atomic mass is 9.97. The Morgan fingerprint density at radius 2 is 1.79 bits per heavy atom. The summed E-state index contributed by atoms with van der Waals surface area (Å²) in [5, 5.41) is 0.985. The number of fused-ring (bicyclic) bond motifs is 1. The van der Waals surface area contributed by atoms with E-state index in [-0.39, 0.29) is 17.6 Å². The quantitative estimate of drug-likeness (QED) is 0.738. The van der Waals surface area contributed by atoms with Crippen LogP contribution >= 0.6 is 0 Å². The predicted octanol–water partition coefficient (Wildman–Crippen LogP) is 4.57. The number of hydrogen-bond donors (Lipinski definition) is 1. The lowest BCUT2D eigenvalue weighted by molar-refractivity contribution is 0.0867. The van der Waals surface area contributed by atoms with Crippen molar-refractivity contribution in [2.75, 3.05) is 0 Å². The lowest BCUT2D eigenvalue weighted by Crippen LogP contribution is -2.22. The van der Waals surface area contributed by atoms with E-state index in [4.69, 9.17) is 0 Å². The molecule has 1 aliphatic heterocycles. The highest BCUT2D eigenvalue weighted by Crippen LogP contribution is 2.30. The molecular formula is C20H15FN2O. The number of rotatable bonds is 2. The van der Waals surface area contributed by atoms with Crippen LogP contribution in [0.3, 0.4) is 0 Å². The molecule has 1 aromatic heterocycles. The van der Waals surface area contributed by atoms with E-state index in [0.717, 1.165) is 16.5 Å². The monoisotopic (exact) mass is 318 g/mol. The van der Waals surface area contributed by atoms with Crippen molar-refractivity contribution >= 4 is 16.8 Å². The SMILES string of the molecule is O=C(c1ccccc1)N1C=CC(c2c[nH]c3cc(F)ccc23)C=C1. The number of carbonyl (C=O) groups excluding carboxylic acids is 1. The Kier molecular flexibility index (Phi) is 3.50. The largest absolute Gasteiger partial charge is 0.361 e. The zero-order valence-electron chi connectivity index (χ0n) is 12.8. The number of allylic oxidation sites excluding steroid dienone is 2. The molecule has 0 saturated heterocycles. The van der Waals surface area contributed by atoms with Crippen molar-refractivity contribution in [1.82, 2.24) is 9.88 Å². The molecule has 0 spiro atoms. The van der Waals surface area contributed by atoms with E-state index in [2.05, 4.69) is 4.98 Å². The van der Waals surface area contributed by atoms with Gasteiger partial charge in [-0.25, -0.2) is 4.39 Å². The van der Waals surface area contributed by atoms with E-state index in [1.54, 1.807) is 35.5 Å². The minimum Gasteiger partial charge on any atom is -0.361 e. The van der Waals surface area contributed by atoms with E-state index in [9.17, 15) is 9.18 Å². The summed E-state index contributed by atoms with van der Waals surface area (Å²) in [5.74, 6) is -0.281. The first-order valence-electron chi connectivity index (χ1n) is 7.73. The van der Waals surface area contributed by atoms with Gasteiger partial charge in [0.1, 0.15) is 5.82 Å². The number of nitrogens with one attached hydrogen (secondary N) is 1. The van der Waals surface area contributed by atoms with Crippen molar-refractivity contribution in [3.8, 4) is 0 Å². The molecule has 1 N–H and O–H groups in total. The van der Waals surface area contributed by atoms with Gasteiger partial charge >= 0.3 is 0 Å². The molecule has 0 radical (unpaired) electrons. The standard InChI is InChI=1S/C20H15FN2O/c21-16-6-7-17-18(13-22-19(17)12-16)14-8-10-23(11-9-14)20(24)15-4-2-1-3-5-15/h1-14,22H. The van der Waals surface area contributed by atoms with Crippen LogP contribution in [-0.2, 0) is 0 Å². The third kappa shape index (κ3) is 2.52. The third-order valence-corrected chi connectivity index (χ3v) is 4.20. The van der Waals surface area contributed by atoms with Gasteiger partial charge in [-0.2, -0.15) is 0 Å². The highest BCUT2D eigenvalue weighted by Gasteiger charge is 2.18. The van der Waals surface area contributed by atoms with Gasteiger partial charge in [-0.3, -0.25) is 9.69 Å². The number of halogens is 1. The topological polar surface area (TPSA) is 36.1 Å². The van der Waals surface area contributed by atoms with Gasteiger partial charge < -0.3 is 4.98 Å². The fraction of sp³-hybridized carbons (Fsp3) is 0.0500. The Morgan fingerprint density at radius 1 is 1.04 bits per heavy atom. The van der Waals surface area contributed by atoms with Crippen LogP contribution in [-0.4, -0.2) is 15.8 Å². The number of carbonyl (C=O) groups is 1. The minimum absolute atomic E-state index is 0.0454. The number of nitrogens with zero attached hydrogens (tertiary/aromatic N) is 1. The molecule has 0 fully saturated rings. The second kappa shape index (κ2) is 5.81. The number of H-pyrrole nitrogens is 1. The second-order valence-electron chi connectivity index (χ2n) is 5.72. The van der Waals surface area contributed by atoms with E-state index < -0.39 is 0 Å². The molecule has 4 rings (SSSR count). The van der Waals surface area contributed by atoms with Crippen LogP contribution in [0.4, 0.5) is 4.39 Å². The first-order valence-corrected chi connectivity index (χ1v) is 7.73. The average molecular weight is 318 g/mol. The summed E-state index contributed by atoms with van der Waals surface area (Å²) >= 11 is 0. The molecule has 3 nitrogen and oxygen atoms in total.